The summed E-state index contributed by atoms with van der Waals surface area (Å²) in [6.07, 6.45) is 0. The smallest absolute Gasteiger partial charge is 0.0257 e. The highest BCUT2D eigenvalue weighted by Gasteiger charge is 2.40. The van der Waals surface area contributed by atoms with Crippen LogP contribution >= 0.6 is 31.9 Å². The van der Waals surface area contributed by atoms with Gasteiger partial charge in [0, 0.05) is 19.8 Å². The maximum absolute atomic E-state index is 3.97. The van der Waals surface area contributed by atoms with Gasteiger partial charge < -0.3 is 0 Å². The van der Waals surface area contributed by atoms with E-state index < -0.39 is 0 Å². The zero-order chi connectivity index (χ0) is 36.7. The van der Waals surface area contributed by atoms with Gasteiger partial charge in [0.25, 0.3) is 0 Å². The minimum Gasteiger partial charge on any atom is -0.0622 e. The van der Waals surface area contributed by atoms with Gasteiger partial charge >= 0.3 is 0 Å². The van der Waals surface area contributed by atoms with Crippen LogP contribution in [0.4, 0.5) is 0 Å². The zero-order valence-electron chi connectivity index (χ0n) is 30.6. The van der Waals surface area contributed by atoms with E-state index in [2.05, 4.69) is 205 Å². The molecular weight excluding hydrogens is 784 g/mol. The lowest BCUT2D eigenvalue weighted by Crippen LogP contribution is -2.15. The molecular formula is C52H36Br2. The average molecular weight is 821 g/mol. The van der Waals surface area contributed by atoms with Gasteiger partial charge in [-0.1, -0.05) is 169 Å². The van der Waals surface area contributed by atoms with Crippen LogP contribution < -0.4 is 0 Å². The summed E-state index contributed by atoms with van der Waals surface area (Å²) in [5, 5.41) is 10.3. The van der Waals surface area contributed by atoms with Gasteiger partial charge in [0.15, 0.2) is 0 Å². The van der Waals surface area contributed by atoms with Gasteiger partial charge in [0.1, 0.15) is 0 Å². The predicted molar refractivity (Wildman–Crippen MR) is 238 cm³/mol. The van der Waals surface area contributed by atoms with Crippen molar-refractivity contribution < 1.29 is 0 Å². The van der Waals surface area contributed by atoms with Crippen LogP contribution in [0.2, 0.25) is 0 Å². The molecule has 2 aliphatic carbocycles. The standard InChI is InChI=1S/C52H36Br2/c1-51(2)41-25-35-36-26-42-40(50-34-22-14-12-20-32(34)46(54)28-44(50)52(42,3)4)24-38(36)48(30-17-9-6-10-18-30)47(29-15-7-5-8-16-29)37(35)23-39(41)49-33-21-13-11-19-31(33)45(53)27-43(49)51/h5-28H,1-4H3. The van der Waals surface area contributed by atoms with E-state index in [-0.39, 0.29) is 10.8 Å². The maximum Gasteiger partial charge on any atom is 0.0257 e. The first-order chi connectivity index (χ1) is 26.1. The van der Waals surface area contributed by atoms with Gasteiger partial charge in [0.2, 0.25) is 0 Å². The maximum atomic E-state index is 3.97. The second-order valence-corrected chi connectivity index (χ2v) is 18.0. The minimum absolute atomic E-state index is 0.180. The molecule has 0 aromatic heterocycles. The fourth-order valence-corrected chi connectivity index (χ4v) is 11.3. The third-order valence-corrected chi connectivity index (χ3v) is 14.1. The molecule has 0 saturated carbocycles. The van der Waals surface area contributed by atoms with E-state index in [1.807, 2.05) is 0 Å². The fourth-order valence-electron chi connectivity index (χ4n) is 10.1. The molecule has 0 bridgehead atoms. The van der Waals surface area contributed by atoms with E-state index in [1.165, 1.54) is 110 Å². The van der Waals surface area contributed by atoms with Gasteiger partial charge in [-0.15, -0.1) is 0 Å². The van der Waals surface area contributed by atoms with E-state index in [9.17, 15) is 0 Å². The third kappa shape index (κ3) is 4.24. The molecule has 0 atom stereocenters. The monoisotopic (exact) mass is 818 g/mol. The molecule has 11 rings (SSSR count). The Bertz CT molecular complexity index is 2880. The SMILES string of the molecule is CC1(C)c2cc3c(cc2-c2c1cc(Br)c1ccccc21)c(-c1ccccc1)c(-c1ccccc1)c1cc2c(cc13)C(C)(C)c1cc(Br)c3ccccc3c1-2. The highest BCUT2D eigenvalue weighted by Crippen LogP contribution is 2.58. The van der Waals surface area contributed by atoms with Gasteiger partial charge in [-0.05, 0) is 146 Å². The summed E-state index contributed by atoms with van der Waals surface area (Å²) in [5.41, 5.74) is 15.6. The molecule has 0 spiro atoms. The van der Waals surface area contributed by atoms with Gasteiger partial charge in [-0.2, -0.15) is 0 Å². The Balaban J connectivity index is 1.36. The molecule has 9 aromatic rings. The quantitative estimate of drug-likeness (QED) is 0.152. The molecule has 0 nitrogen and oxygen atoms in total. The van der Waals surface area contributed by atoms with Gasteiger partial charge in [0.05, 0.1) is 0 Å². The normalized spacial score (nSPS) is 14.8. The molecule has 0 radical (unpaired) electrons. The summed E-state index contributed by atoms with van der Waals surface area (Å²) in [4.78, 5) is 0. The average Bonchev–Trinajstić information content (AvgIpc) is 3.55. The number of fused-ring (bicyclic) bond motifs is 13. The van der Waals surface area contributed by atoms with Gasteiger partial charge in [-0.25, -0.2) is 0 Å². The van der Waals surface area contributed by atoms with Crippen molar-refractivity contribution in [2.75, 3.05) is 0 Å². The zero-order valence-corrected chi connectivity index (χ0v) is 33.8. The largest absolute Gasteiger partial charge is 0.0622 e. The second-order valence-electron chi connectivity index (χ2n) is 16.3. The van der Waals surface area contributed by atoms with E-state index in [0.717, 1.165) is 8.95 Å². The van der Waals surface area contributed by atoms with Crippen LogP contribution in [0, 0.1) is 0 Å². The third-order valence-electron chi connectivity index (χ3n) is 12.7. The van der Waals surface area contributed by atoms with Gasteiger partial charge in [-0.3, -0.25) is 0 Å². The number of hydrogen-bond donors (Lipinski definition) is 0. The molecule has 0 unspecified atom stereocenters. The van der Waals surface area contributed by atoms with Crippen LogP contribution in [-0.2, 0) is 10.8 Å². The molecule has 9 aromatic carbocycles. The van der Waals surface area contributed by atoms with Crippen LogP contribution in [0.5, 0.6) is 0 Å². The van der Waals surface area contributed by atoms with Crippen molar-refractivity contribution in [2.24, 2.45) is 0 Å². The minimum atomic E-state index is -0.180. The Kier molecular flexibility index (Phi) is 6.76. The van der Waals surface area contributed by atoms with Crippen LogP contribution in [0.25, 0.3) is 87.6 Å². The highest BCUT2D eigenvalue weighted by molar-refractivity contribution is 9.11. The molecule has 0 N–H and O–H groups in total. The van der Waals surface area contributed by atoms with Crippen molar-refractivity contribution in [3.63, 3.8) is 0 Å². The lowest BCUT2D eigenvalue weighted by molar-refractivity contribution is 0.660. The Morgan fingerprint density at radius 1 is 0.315 bits per heavy atom. The molecule has 54 heavy (non-hydrogen) atoms. The van der Waals surface area contributed by atoms with E-state index in [1.54, 1.807) is 0 Å². The molecule has 0 aliphatic heterocycles. The Morgan fingerprint density at radius 2 is 0.667 bits per heavy atom. The number of benzene rings is 9. The van der Waals surface area contributed by atoms with Crippen molar-refractivity contribution in [2.45, 2.75) is 38.5 Å². The first-order valence-electron chi connectivity index (χ1n) is 18.8. The summed E-state index contributed by atoms with van der Waals surface area (Å²) in [5.74, 6) is 0. The molecule has 0 heterocycles. The first kappa shape index (κ1) is 32.4. The van der Waals surface area contributed by atoms with Crippen molar-refractivity contribution in [3.05, 3.63) is 177 Å². The second kappa shape index (κ2) is 11.3. The predicted octanol–water partition coefficient (Wildman–Crippen LogP) is 15.8. The van der Waals surface area contributed by atoms with Crippen LogP contribution in [-0.4, -0.2) is 0 Å². The van der Waals surface area contributed by atoms with Crippen molar-refractivity contribution in [3.8, 4) is 44.5 Å². The Labute approximate surface area is 332 Å². The van der Waals surface area contributed by atoms with Crippen molar-refractivity contribution in [1.82, 2.24) is 0 Å². The summed E-state index contributed by atoms with van der Waals surface area (Å²) in [6.45, 7) is 9.63. The Hall–Kier alpha value is -5.02. The van der Waals surface area contributed by atoms with Crippen molar-refractivity contribution >= 4 is 74.9 Å². The molecule has 258 valence electrons. The molecule has 2 heteroatoms. The summed E-state index contributed by atoms with van der Waals surface area (Å²) < 4.78 is 2.31. The molecule has 0 fully saturated rings. The summed E-state index contributed by atoms with van der Waals surface area (Å²) in [6, 6.07) is 54.9. The van der Waals surface area contributed by atoms with Crippen LogP contribution in [0.15, 0.2) is 155 Å². The topological polar surface area (TPSA) is 0 Å². The van der Waals surface area contributed by atoms with Crippen molar-refractivity contribution in [1.29, 1.82) is 0 Å². The van der Waals surface area contributed by atoms with E-state index in [0.29, 0.717) is 0 Å². The first-order valence-corrected chi connectivity index (χ1v) is 20.4. The van der Waals surface area contributed by atoms with E-state index in [4.69, 9.17) is 0 Å². The lowest BCUT2D eigenvalue weighted by Gasteiger charge is -2.25. The summed E-state index contributed by atoms with van der Waals surface area (Å²) in [7, 11) is 0. The van der Waals surface area contributed by atoms with Crippen LogP contribution in [0.1, 0.15) is 49.9 Å². The Morgan fingerprint density at radius 3 is 1.06 bits per heavy atom. The number of halogens is 2. The molecule has 0 amide bonds. The number of rotatable bonds is 2. The van der Waals surface area contributed by atoms with E-state index >= 15 is 0 Å². The summed E-state index contributed by atoms with van der Waals surface area (Å²) >= 11 is 7.94. The van der Waals surface area contributed by atoms with Crippen LogP contribution in [0.3, 0.4) is 0 Å². The lowest BCUT2D eigenvalue weighted by atomic mass is 9.78. The molecule has 2 aliphatic rings. The highest BCUT2D eigenvalue weighted by atomic mass is 79.9. The number of hydrogen-bond acceptors (Lipinski definition) is 0. The molecule has 0 saturated heterocycles. The fraction of sp³-hybridized carbons (Fsp3) is 0.115.